The molecule has 0 aliphatic carbocycles. The molecule has 1 N–H and O–H groups in total. The standard InChI is InChI=1S/C11H11NOS/c1-8(13)6-10-7-9-4-2-3-5-11(9)14-12-10/h2-5,7,12H,6H2,1H3. The molecule has 14 heavy (non-hydrogen) atoms. The van der Waals surface area contributed by atoms with Crippen LogP contribution in [0.5, 0.6) is 0 Å². The van der Waals surface area contributed by atoms with E-state index in [0.29, 0.717) is 6.42 Å². The third-order valence-corrected chi connectivity index (χ3v) is 2.94. The first kappa shape index (κ1) is 9.34. The van der Waals surface area contributed by atoms with Crippen molar-refractivity contribution in [3.8, 4) is 0 Å². The molecule has 0 radical (unpaired) electrons. The van der Waals surface area contributed by atoms with E-state index in [0.717, 1.165) is 5.70 Å². The summed E-state index contributed by atoms with van der Waals surface area (Å²) in [7, 11) is 0. The molecule has 3 heteroatoms. The van der Waals surface area contributed by atoms with Crippen LogP contribution in [0.1, 0.15) is 18.9 Å². The summed E-state index contributed by atoms with van der Waals surface area (Å²) in [5.74, 6) is 0.184. The first-order valence-electron chi connectivity index (χ1n) is 4.47. The molecule has 0 aromatic heterocycles. The molecule has 0 fully saturated rings. The van der Waals surface area contributed by atoms with Crippen molar-refractivity contribution in [1.82, 2.24) is 4.72 Å². The number of carbonyl (C=O) groups is 1. The van der Waals surface area contributed by atoms with Gasteiger partial charge in [0.1, 0.15) is 5.78 Å². The molecule has 0 atom stereocenters. The Bertz CT molecular complexity index is 398. The molecular formula is C11H11NOS. The molecule has 72 valence electrons. The number of hydrogen-bond acceptors (Lipinski definition) is 3. The van der Waals surface area contributed by atoms with Gasteiger partial charge < -0.3 is 4.72 Å². The summed E-state index contributed by atoms with van der Waals surface area (Å²) in [5, 5.41) is 0. The van der Waals surface area contributed by atoms with E-state index in [1.165, 1.54) is 10.5 Å². The van der Waals surface area contributed by atoms with Crippen molar-refractivity contribution in [2.45, 2.75) is 18.2 Å². The van der Waals surface area contributed by atoms with Crippen molar-refractivity contribution < 1.29 is 4.79 Å². The Morgan fingerprint density at radius 3 is 3.00 bits per heavy atom. The van der Waals surface area contributed by atoms with Crippen LogP contribution in [0.2, 0.25) is 0 Å². The van der Waals surface area contributed by atoms with E-state index in [2.05, 4.69) is 16.9 Å². The molecule has 0 saturated carbocycles. The maximum absolute atomic E-state index is 10.9. The van der Waals surface area contributed by atoms with Crippen molar-refractivity contribution in [2.75, 3.05) is 0 Å². The van der Waals surface area contributed by atoms with Crippen LogP contribution in [-0.4, -0.2) is 5.78 Å². The van der Waals surface area contributed by atoms with Crippen molar-refractivity contribution in [1.29, 1.82) is 0 Å². The summed E-state index contributed by atoms with van der Waals surface area (Å²) < 4.78 is 3.16. The Hall–Kier alpha value is -1.22. The average molecular weight is 205 g/mol. The molecule has 0 bridgehead atoms. The third kappa shape index (κ3) is 1.99. The Kier molecular flexibility index (Phi) is 2.59. The van der Waals surface area contributed by atoms with Crippen molar-refractivity contribution in [2.24, 2.45) is 0 Å². The first-order valence-corrected chi connectivity index (χ1v) is 5.29. The van der Waals surface area contributed by atoms with E-state index in [-0.39, 0.29) is 5.78 Å². The van der Waals surface area contributed by atoms with E-state index < -0.39 is 0 Å². The number of benzene rings is 1. The summed E-state index contributed by atoms with van der Waals surface area (Å²) in [6, 6.07) is 8.14. The van der Waals surface area contributed by atoms with Gasteiger partial charge in [-0.3, -0.25) is 4.79 Å². The number of ketones is 1. The largest absolute Gasteiger partial charge is 0.329 e. The van der Waals surface area contributed by atoms with Gasteiger partial charge in [0.2, 0.25) is 0 Å². The fraction of sp³-hybridized carbons (Fsp3) is 0.182. The number of rotatable bonds is 2. The maximum Gasteiger partial charge on any atom is 0.135 e. The smallest absolute Gasteiger partial charge is 0.135 e. The van der Waals surface area contributed by atoms with Gasteiger partial charge in [-0.15, -0.1) is 0 Å². The monoisotopic (exact) mass is 205 g/mol. The lowest BCUT2D eigenvalue weighted by molar-refractivity contribution is -0.116. The van der Waals surface area contributed by atoms with E-state index in [4.69, 9.17) is 0 Å². The summed E-state index contributed by atoms with van der Waals surface area (Å²) in [6.07, 6.45) is 2.52. The van der Waals surface area contributed by atoms with Crippen LogP contribution in [0.25, 0.3) is 6.08 Å². The zero-order valence-electron chi connectivity index (χ0n) is 7.91. The van der Waals surface area contributed by atoms with Crippen LogP contribution < -0.4 is 4.72 Å². The van der Waals surface area contributed by atoms with Crippen LogP contribution in [-0.2, 0) is 4.79 Å². The Labute approximate surface area is 87.5 Å². The maximum atomic E-state index is 10.9. The van der Waals surface area contributed by atoms with Gasteiger partial charge in [-0.05, 0) is 36.6 Å². The van der Waals surface area contributed by atoms with Crippen molar-refractivity contribution in [3.05, 3.63) is 35.5 Å². The highest BCUT2D eigenvalue weighted by molar-refractivity contribution is 7.97. The van der Waals surface area contributed by atoms with Gasteiger partial charge in [0.15, 0.2) is 0 Å². The van der Waals surface area contributed by atoms with Crippen LogP contribution in [0.15, 0.2) is 34.9 Å². The van der Waals surface area contributed by atoms with Gasteiger partial charge in [-0.1, -0.05) is 18.2 Å². The van der Waals surface area contributed by atoms with E-state index in [1.54, 1.807) is 18.9 Å². The molecular weight excluding hydrogens is 194 g/mol. The number of Topliss-reactive ketones (excluding diaryl/α,β-unsaturated/α-hetero) is 1. The van der Waals surface area contributed by atoms with E-state index >= 15 is 0 Å². The van der Waals surface area contributed by atoms with Crippen LogP contribution >= 0.6 is 11.9 Å². The lowest BCUT2D eigenvalue weighted by atomic mass is 10.1. The molecule has 2 rings (SSSR count). The molecule has 2 nitrogen and oxygen atoms in total. The first-order chi connectivity index (χ1) is 6.75. The van der Waals surface area contributed by atoms with Gasteiger partial charge in [0, 0.05) is 17.0 Å². The van der Waals surface area contributed by atoms with Gasteiger partial charge in [-0.2, -0.15) is 0 Å². The summed E-state index contributed by atoms with van der Waals surface area (Å²) in [5.41, 5.74) is 2.17. The average Bonchev–Trinajstić information content (AvgIpc) is 2.17. The fourth-order valence-corrected chi connectivity index (χ4v) is 2.15. The fourth-order valence-electron chi connectivity index (χ4n) is 1.39. The Morgan fingerprint density at radius 2 is 2.21 bits per heavy atom. The summed E-state index contributed by atoms with van der Waals surface area (Å²) >= 11 is 1.57. The molecule has 1 heterocycles. The number of hydrogen-bond donors (Lipinski definition) is 1. The second-order valence-corrected chi connectivity index (χ2v) is 4.14. The third-order valence-electron chi connectivity index (χ3n) is 1.98. The van der Waals surface area contributed by atoms with Crippen LogP contribution in [0.3, 0.4) is 0 Å². The number of allylic oxidation sites excluding steroid dienone is 1. The van der Waals surface area contributed by atoms with Gasteiger partial charge in [0.25, 0.3) is 0 Å². The predicted molar refractivity (Wildman–Crippen MR) is 58.7 cm³/mol. The van der Waals surface area contributed by atoms with Gasteiger partial charge in [-0.25, -0.2) is 0 Å². The molecule has 0 amide bonds. The SMILES string of the molecule is CC(=O)CC1=Cc2ccccc2SN1. The zero-order chi connectivity index (χ0) is 9.97. The molecule has 0 saturated heterocycles. The minimum atomic E-state index is 0.184. The highest BCUT2D eigenvalue weighted by Gasteiger charge is 2.10. The Morgan fingerprint density at radius 1 is 1.43 bits per heavy atom. The molecule has 0 spiro atoms. The normalized spacial score (nSPS) is 13.9. The molecule has 1 aliphatic rings. The van der Waals surface area contributed by atoms with Gasteiger partial charge in [0.05, 0.1) is 0 Å². The second-order valence-electron chi connectivity index (χ2n) is 3.29. The molecule has 1 aliphatic heterocycles. The minimum Gasteiger partial charge on any atom is -0.329 e. The topological polar surface area (TPSA) is 29.1 Å². The number of fused-ring (bicyclic) bond motifs is 1. The Balaban J connectivity index is 2.26. The number of carbonyl (C=O) groups excluding carboxylic acids is 1. The van der Waals surface area contributed by atoms with E-state index in [9.17, 15) is 4.79 Å². The highest BCUT2D eigenvalue weighted by atomic mass is 32.2. The zero-order valence-corrected chi connectivity index (χ0v) is 8.73. The van der Waals surface area contributed by atoms with Crippen molar-refractivity contribution >= 4 is 23.8 Å². The van der Waals surface area contributed by atoms with Crippen LogP contribution in [0.4, 0.5) is 0 Å². The minimum absolute atomic E-state index is 0.184. The summed E-state index contributed by atoms with van der Waals surface area (Å²) in [6.45, 7) is 1.60. The van der Waals surface area contributed by atoms with Crippen LogP contribution in [0, 0.1) is 0 Å². The molecule has 1 aromatic carbocycles. The van der Waals surface area contributed by atoms with E-state index in [1.807, 2.05) is 18.2 Å². The molecule has 0 unspecified atom stereocenters. The lowest BCUT2D eigenvalue weighted by Gasteiger charge is -2.16. The number of nitrogens with one attached hydrogen (secondary N) is 1. The predicted octanol–water partition coefficient (Wildman–Crippen LogP) is 2.62. The summed E-state index contributed by atoms with van der Waals surface area (Å²) in [4.78, 5) is 12.1. The highest BCUT2D eigenvalue weighted by Crippen LogP contribution is 2.28. The second kappa shape index (κ2) is 3.88. The lowest BCUT2D eigenvalue weighted by Crippen LogP contribution is -2.10. The quantitative estimate of drug-likeness (QED) is 0.752. The molecule has 1 aromatic rings. The van der Waals surface area contributed by atoms with Gasteiger partial charge >= 0.3 is 0 Å². The van der Waals surface area contributed by atoms with Crippen molar-refractivity contribution in [3.63, 3.8) is 0 Å².